The van der Waals surface area contributed by atoms with E-state index in [0.29, 0.717) is 44.9 Å². The van der Waals surface area contributed by atoms with Crippen LogP contribution in [0.5, 0.6) is 46.0 Å². The van der Waals surface area contributed by atoms with Crippen LogP contribution >= 0.6 is 0 Å². The van der Waals surface area contributed by atoms with Gasteiger partial charge < -0.3 is 50.3 Å². The fraction of sp³-hybridized carbons (Fsp3) is 0.273. The number of phenols is 6. The predicted molar refractivity (Wildman–Crippen MR) is 151 cm³/mol. The minimum atomic E-state index is -1.70. The Morgan fingerprint density at radius 3 is 1.63 bits per heavy atom. The van der Waals surface area contributed by atoms with Crippen molar-refractivity contribution in [2.45, 2.75) is 41.8 Å². The van der Waals surface area contributed by atoms with Crippen molar-refractivity contribution in [3.05, 3.63) is 93.5 Å². The monoisotopic (exact) mass is 584 g/mol. The third kappa shape index (κ3) is 3.19. The van der Waals surface area contributed by atoms with Gasteiger partial charge in [-0.15, -0.1) is 0 Å². The molecule has 4 aliphatic rings. The van der Waals surface area contributed by atoms with Crippen LogP contribution in [0.1, 0.15) is 69.5 Å². The van der Waals surface area contributed by atoms with Gasteiger partial charge >= 0.3 is 0 Å². The molecule has 0 amide bonds. The zero-order valence-electron chi connectivity index (χ0n) is 22.8. The van der Waals surface area contributed by atoms with Gasteiger partial charge in [0.2, 0.25) is 0 Å². The zero-order chi connectivity index (χ0) is 30.2. The van der Waals surface area contributed by atoms with E-state index in [1.165, 1.54) is 42.5 Å². The quantitative estimate of drug-likeness (QED) is 0.154. The van der Waals surface area contributed by atoms with Gasteiger partial charge in [0, 0.05) is 52.5 Å². The van der Waals surface area contributed by atoms with Crippen LogP contribution in [-0.2, 0) is 0 Å². The molecule has 2 aliphatic heterocycles. The van der Waals surface area contributed by atoms with E-state index in [2.05, 4.69) is 0 Å². The summed E-state index contributed by atoms with van der Waals surface area (Å²) >= 11 is 0. The summed E-state index contributed by atoms with van der Waals surface area (Å²) in [5.74, 6) is -3.82. The number of benzene rings is 4. The van der Waals surface area contributed by atoms with Crippen molar-refractivity contribution >= 4 is 0 Å². The molecule has 8 N–H and O–H groups in total. The molecule has 2 heterocycles. The minimum absolute atomic E-state index is 0.0160. The second-order valence-corrected chi connectivity index (χ2v) is 12.2. The molecule has 0 spiro atoms. The molecule has 220 valence electrons. The van der Waals surface area contributed by atoms with Gasteiger partial charge in [-0.2, -0.15) is 0 Å². The SMILES string of the molecule is C[C@H]1c2cc(O)c(O)cc2[C@@H]2c3cc([C@@H]4c5cc(O)c(O)cc5[C@@H]5c6ccc(O)cc6OC[C@]45O)c(O)cc3OC[C@@]21O. The van der Waals surface area contributed by atoms with Gasteiger partial charge in [-0.25, -0.2) is 0 Å². The van der Waals surface area contributed by atoms with Crippen LogP contribution in [0.15, 0.2) is 54.6 Å². The molecule has 8 rings (SSSR count). The topological polar surface area (TPSA) is 180 Å². The van der Waals surface area contributed by atoms with E-state index in [0.717, 1.165) is 0 Å². The fourth-order valence-corrected chi connectivity index (χ4v) is 7.98. The second kappa shape index (κ2) is 8.18. The first kappa shape index (κ1) is 25.9. The van der Waals surface area contributed by atoms with Crippen LogP contribution in [0, 0.1) is 0 Å². The lowest BCUT2D eigenvalue weighted by molar-refractivity contribution is -0.0399. The third-order valence-corrected chi connectivity index (χ3v) is 10.0. The molecule has 0 saturated heterocycles. The maximum absolute atomic E-state index is 12.5. The van der Waals surface area contributed by atoms with Gasteiger partial charge in [-0.05, 0) is 58.7 Å². The van der Waals surface area contributed by atoms with Gasteiger partial charge in [0.25, 0.3) is 0 Å². The van der Waals surface area contributed by atoms with Crippen LogP contribution in [0.25, 0.3) is 0 Å². The summed E-state index contributed by atoms with van der Waals surface area (Å²) in [7, 11) is 0. The van der Waals surface area contributed by atoms with E-state index < -0.39 is 40.6 Å². The van der Waals surface area contributed by atoms with Gasteiger partial charge in [0.1, 0.15) is 47.4 Å². The molecule has 4 aromatic carbocycles. The maximum Gasteiger partial charge on any atom is 0.157 e. The van der Waals surface area contributed by atoms with Gasteiger partial charge in [0.05, 0.1) is 0 Å². The van der Waals surface area contributed by atoms with Crippen molar-refractivity contribution in [1.82, 2.24) is 0 Å². The Hall–Kier alpha value is -4.80. The van der Waals surface area contributed by atoms with E-state index >= 15 is 0 Å². The van der Waals surface area contributed by atoms with Crippen LogP contribution in [0.4, 0.5) is 0 Å². The summed E-state index contributed by atoms with van der Waals surface area (Å²) in [5.41, 5.74) is 0.440. The molecule has 10 nitrogen and oxygen atoms in total. The van der Waals surface area contributed by atoms with Crippen molar-refractivity contribution in [3.8, 4) is 46.0 Å². The normalized spacial score (nSPS) is 29.3. The molecule has 4 aromatic rings. The Bertz CT molecular complexity index is 1880. The summed E-state index contributed by atoms with van der Waals surface area (Å²) in [6.45, 7) is 1.49. The lowest BCUT2D eigenvalue weighted by Gasteiger charge is -2.42. The Morgan fingerprint density at radius 1 is 0.512 bits per heavy atom. The van der Waals surface area contributed by atoms with Gasteiger partial charge in [-0.3, -0.25) is 0 Å². The highest BCUT2D eigenvalue weighted by molar-refractivity contribution is 5.67. The largest absolute Gasteiger partial charge is 0.508 e. The van der Waals surface area contributed by atoms with Crippen molar-refractivity contribution < 1.29 is 50.3 Å². The summed E-state index contributed by atoms with van der Waals surface area (Å²) in [6.07, 6.45) is 0. The number of fused-ring (bicyclic) bond motifs is 10. The van der Waals surface area contributed by atoms with Gasteiger partial charge in [0.15, 0.2) is 23.0 Å². The van der Waals surface area contributed by atoms with Gasteiger partial charge in [-0.1, -0.05) is 13.0 Å². The van der Waals surface area contributed by atoms with Crippen LogP contribution < -0.4 is 9.47 Å². The van der Waals surface area contributed by atoms with Crippen molar-refractivity contribution in [2.24, 2.45) is 0 Å². The first-order chi connectivity index (χ1) is 20.4. The molecule has 0 aromatic heterocycles. The van der Waals surface area contributed by atoms with E-state index in [9.17, 15) is 40.9 Å². The predicted octanol–water partition coefficient (Wildman–Crippen LogP) is 3.69. The minimum Gasteiger partial charge on any atom is -0.508 e. The summed E-state index contributed by atoms with van der Waals surface area (Å²) in [5, 5.41) is 87.5. The maximum atomic E-state index is 12.5. The van der Waals surface area contributed by atoms with Crippen LogP contribution in [0.3, 0.4) is 0 Å². The molecule has 10 heteroatoms. The Balaban J connectivity index is 1.36. The Labute approximate surface area is 244 Å². The third-order valence-electron chi connectivity index (χ3n) is 10.0. The van der Waals surface area contributed by atoms with Crippen LogP contribution in [0.2, 0.25) is 0 Å². The van der Waals surface area contributed by atoms with Crippen molar-refractivity contribution in [2.75, 3.05) is 13.2 Å². The summed E-state index contributed by atoms with van der Waals surface area (Å²) < 4.78 is 11.9. The fourth-order valence-electron chi connectivity index (χ4n) is 7.98. The highest BCUT2D eigenvalue weighted by atomic mass is 16.5. The Morgan fingerprint density at radius 2 is 1.00 bits per heavy atom. The van der Waals surface area contributed by atoms with E-state index in [4.69, 9.17) is 9.47 Å². The molecule has 43 heavy (non-hydrogen) atoms. The standard InChI is InChI=1S/C33H28O10/c1-13-16-6-23(36)24(37)7-17(16)31-21-5-20(22(35)10-28(21)42-11-32(13,31)40)30-19-9-26(39)25(38)8-18(19)29-15-3-2-14(34)4-27(15)43-12-33(29,30)41/h2-10,13,29-31,34-41H,11-12H2,1H3/t13-,29-,30-,31+,32-,33+/m0/s1. The first-order valence-electron chi connectivity index (χ1n) is 13.9. The lowest BCUT2D eigenvalue weighted by Crippen LogP contribution is -2.47. The number of aromatic hydroxyl groups is 6. The molecular formula is C33H28O10. The highest BCUT2D eigenvalue weighted by Crippen LogP contribution is 2.63. The molecule has 0 fully saturated rings. The average Bonchev–Trinajstić information content (AvgIpc) is 3.33. The summed E-state index contributed by atoms with van der Waals surface area (Å²) in [4.78, 5) is 0. The zero-order valence-corrected chi connectivity index (χ0v) is 22.8. The second-order valence-electron chi connectivity index (χ2n) is 12.2. The van der Waals surface area contributed by atoms with E-state index in [-0.39, 0.29) is 47.5 Å². The molecule has 0 radical (unpaired) electrons. The molecule has 6 atom stereocenters. The molecule has 0 saturated carbocycles. The number of ether oxygens (including phenoxy) is 2. The van der Waals surface area contributed by atoms with E-state index in [1.807, 2.05) is 6.92 Å². The number of rotatable bonds is 1. The molecule has 0 unspecified atom stereocenters. The average molecular weight is 585 g/mol. The number of hydrogen-bond acceptors (Lipinski definition) is 10. The van der Waals surface area contributed by atoms with Crippen molar-refractivity contribution in [3.63, 3.8) is 0 Å². The summed E-state index contributed by atoms with van der Waals surface area (Å²) in [6, 6.07) is 13.3. The number of hydrogen-bond donors (Lipinski definition) is 8. The van der Waals surface area contributed by atoms with Crippen LogP contribution in [-0.4, -0.2) is 65.3 Å². The first-order valence-corrected chi connectivity index (χ1v) is 13.9. The lowest BCUT2D eigenvalue weighted by atomic mass is 9.72. The molecular weight excluding hydrogens is 556 g/mol. The molecule has 0 bridgehead atoms. The van der Waals surface area contributed by atoms with E-state index in [1.54, 1.807) is 12.1 Å². The van der Waals surface area contributed by atoms with Crippen molar-refractivity contribution in [1.29, 1.82) is 0 Å². The smallest absolute Gasteiger partial charge is 0.157 e. The number of aliphatic hydroxyl groups is 2. The highest BCUT2D eigenvalue weighted by Gasteiger charge is 2.59. The molecule has 2 aliphatic carbocycles. The number of phenolic OH excluding ortho intramolecular Hbond substituents is 6. The Kier molecular flexibility index (Phi) is 4.92.